The third-order valence-electron chi connectivity index (χ3n) is 3.06. The van der Waals surface area contributed by atoms with Crippen LogP contribution in [0.1, 0.15) is 23.5 Å². The summed E-state index contributed by atoms with van der Waals surface area (Å²) in [5.74, 6) is -0.689. The number of nitrogens with one attached hydrogen (secondary N) is 1. The summed E-state index contributed by atoms with van der Waals surface area (Å²) in [5, 5.41) is 3.77. The summed E-state index contributed by atoms with van der Waals surface area (Å²) < 4.78 is 5.77. The van der Waals surface area contributed by atoms with Crippen molar-refractivity contribution in [1.82, 2.24) is 5.32 Å². The lowest BCUT2D eigenvalue weighted by molar-refractivity contribution is -0.144. The molecule has 0 bridgehead atoms. The molecule has 106 valence electrons. The highest BCUT2D eigenvalue weighted by atomic mass is 32.1. The number of methoxy groups -OCH3 is 1. The Kier molecular flexibility index (Phi) is 4.39. The minimum absolute atomic E-state index is 0.0271. The molecule has 0 saturated heterocycles. The molecular formula is C15H17NO3S. The summed E-state index contributed by atoms with van der Waals surface area (Å²) in [4.78, 5) is 24.5. The summed E-state index contributed by atoms with van der Waals surface area (Å²) in [7, 11) is 1.32. The number of carbonyl (C=O) groups excluding carboxylic acids is 2. The van der Waals surface area contributed by atoms with Gasteiger partial charge in [-0.15, -0.1) is 11.3 Å². The van der Waals surface area contributed by atoms with Gasteiger partial charge in [0.1, 0.15) is 6.04 Å². The highest BCUT2D eigenvalue weighted by Crippen LogP contribution is 2.25. The molecule has 2 aromatic rings. The molecule has 1 N–H and O–H groups in total. The van der Waals surface area contributed by atoms with E-state index in [-0.39, 0.29) is 11.8 Å². The molecule has 0 spiro atoms. The fourth-order valence-electron chi connectivity index (χ4n) is 1.93. The van der Waals surface area contributed by atoms with Crippen molar-refractivity contribution in [2.24, 2.45) is 5.92 Å². The molecule has 0 aliphatic rings. The monoisotopic (exact) mass is 291 g/mol. The van der Waals surface area contributed by atoms with Gasteiger partial charge in [-0.1, -0.05) is 32.0 Å². The zero-order chi connectivity index (χ0) is 14.7. The van der Waals surface area contributed by atoms with Crippen molar-refractivity contribution in [1.29, 1.82) is 0 Å². The number of thiophene rings is 1. The van der Waals surface area contributed by atoms with Gasteiger partial charge in [-0.2, -0.15) is 0 Å². The molecule has 1 heterocycles. The van der Waals surface area contributed by atoms with E-state index in [1.165, 1.54) is 18.4 Å². The van der Waals surface area contributed by atoms with Gasteiger partial charge in [0.15, 0.2) is 0 Å². The first-order chi connectivity index (χ1) is 9.52. The Bertz CT molecular complexity index is 600. The molecule has 0 aliphatic heterocycles. The largest absolute Gasteiger partial charge is 0.467 e. The Morgan fingerprint density at radius 3 is 2.55 bits per heavy atom. The van der Waals surface area contributed by atoms with E-state index < -0.39 is 12.0 Å². The number of amides is 1. The Balaban J connectivity index is 2.20. The third-order valence-corrected chi connectivity index (χ3v) is 4.17. The smallest absolute Gasteiger partial charge is 0.328 e. The number of fused-ring (bicyclic) bond motifs is 1. The van der Waals surface area contributed by atoms with E-state index in [4.69, 9.17) is 4.74 Å². The molecule has 20 heavy (non-hydrogen) atoms. The minimum atomic E-state index is -0.627. The van der Waals surface area contributed by atoms with Crippen molar-refractivity contribution in [2.75, 3.05) is 7.11 Å². The molecule has 0 fully saturated rings. The first-order valence-electron chi connectivity index (χ1n) is 6.40. The molecule has 1 unspecified atom stereocenters. The molecule has 4 nitrogen and oxygen atoms in total. The summed E-state index contributed by atoms with van der Waals surface area (Å²) in [6.07, 6.45) is 0. The van der Waals surface area contributed by atoms with Crippen LogP contribution in [-0.2, 0) is 9.53 Å². The van der Waals surface area contributed by atoms with Gasteiger partial charge in [0.05, 0.1) is 12.0 Å². The van der Waals surface area contributed by atoms with Gasteiger partial charge >= 0.3 is 5.97 Å². The number of carbonyl (C=O) groups is 2. The standard InChI is InChI=1S/C15H17NO3S/c1-9(2)13(15(18)19-3)16-14(17)12-8-10-6-4-5-7-11(10)20-12/h4-9,13H,1-3H3,(H,16,17). The van der Waals surface area contributed by atoms with Crippen LogP contribution < -0.4 is 5.32 Å². The second-order valence-corrected chi connectivity index (χ2v) is 5.95. The molecule has 1 aromatic carbocycles. The van der Waals surface area contributed by atoms with Crippen LogP contribution in [0.25, 0.3) is 10.1 Å². The molecule has 1 amide bonds. The van der Waals surface area contributed by atoms with Crippen LogP contribution in [0, 0.1) is 5.92 Å². The van der Waals surface area contributed by atoms with Crippen LogP contribution in [-0.4, -0.2) is 25.0 Å². The van der Waals surface area contributed by atoms with Crippen molar-refractivity contribution in [2.45, 2.75) is 19.9 Å². The Labute approximate surface area is 121 Å². The second kappa shape index (κ2) is 6.05. The normalized spacial score (nSPS) is 12.4. The van der Waals surface area contributed by atoms with Gasteiger partial charge in [-0.05, 0) is 23.4 Å². The van der Waals surface area contributed by atoms with E-state index in [2.05, 4.69) is 5.32 Å². The van der Waals surface area contributed by atoms with Gasteiger partial charge in [0.25, 0.3) is 5.91 Å². The van der Waals surface area contributed by atoms with Gasteiger partial charge in [-0.25, -0.2) is 4.79 Å². The molecule has 0 radical (unpaired) electrons. The number of esters is 1. The minimum Gasteiger partial charge on any atom is -0.467 e. The lowest BCUT2D eigenvalue weighted by Gasteiger charge is -2.19. The fraction of sp³-hybridized carbons (Fsp3) is 0.333. The Morgan fingerprint density at radius 1 is 1.25 bits per heavy atom. The average Bonchev–Trinajstić information content (AvgIpc) is 2.87. The van der Waals surface area contributed by atoms with Gasteiger partial charge in [0, 0.05) is 4.70 Å². The first kappa shape index (κ1) is 14.5. The number of benzene rings is 1. The SMILES string of the molecule is COC(=O)C(NC(=O)c1cc2ccccc2s1)C(C)C. The zero-order valence-corrected chi connectivity index (χ0v) is 12.5. The predicted octanol–water partition coefficient (Wildman–Crippen LogP) is 2.83. The number of rotatable bonds is 4. The van der Waals surface area contributed by atoms with E-state index in [9.17, 15) is 9.59 Å². The van der Waals surface area contributed by atoms with E-state index in [1.807, 2.05) is 44.2 Å². The van der Waals surface area contributed by atoms with Crippen LogP contribution in [0.3, 0.4) is 0 Å². The van der Waals surface area contributed by atoms with E-state index in [0.29, 0.717) is 4.88 Å². The summed E-state index contributed by atoms with van der Waals surface area (Å²) in [6, 6.07) is 9.01. The zero-order valence-electron chi connectivity index (χ0n) is 11.7. The second-order valence-electron chi connectivity index (χ2n) is 4.87. The Hall–Kier alpha value is -1.88. The van der Waals surface area contributed by atoms with Gasteiger partial charge in [0.2, 0.25) is 0 Å². The molecule has 0 aliphatic carbocycles. The fourth-order valence-corrected chi connectivity index (χ4v) is 2.90. The number of hydrogen-bond acceptors (Lipinski definition) is 4. The topological polar surface area (TPSA) is 55.4 Å². The first-order valence-corrected chi connectivity index (χ1v) is 7.22. The summed E-state index contributed by atoms with van der Waals surface area (Å²) in [5.41, 5.74) is 0. The quantitative estimate of drug-likeness (QED) is 0.881. The van der Waals surface area contributed by atoms with Crippen molar-refractivity contribution in [3.8, 4) is 0 Å². The van der Waals surface area contributed by atoms with Crippen molar-refractivity contribution >= 4 is 33.3 Å². The van der Waals surface area contributed by atoms with Crippen LogP contribution in [0.15, 0.2) is 30.3 Å². The van der Waals surface area contributed by atoms with Crippen LogP contribution in [0.4, 0.5) is 0 Å². The average molecular weight is 291 g/mol. The van der Waals surface area contributed by atoms with Gasteiger partial charge in [-0.3, -0.25) is 4.79 Å². The molecule has 5 heteroatoms. The maximum absolute atomic E-state index is 12.2. The molecule has 0 saturated carbocycles. The summed E-state index contributed by atoms with van der Waals surface area (Å²) in [6.45, 7) is 3.74. The maximum Gasteiger partial charge on any atom is 0.328 e. The molecule has 1 atom stereocenters. The highest BCUT2D eigenvalue weighted by molar-refractivity contribution is 7.20. The Morgan fingerprint density at radius 2 is 1.95 bits per heavy atom. The summed E-state index contributed by atoms with van der Waals surface area (Å²) >= 11 is 1.41. The van der Waals surface area contributed by atoms with Crippen LogP contribution in [0.5, 0.6) is 0 Å². The lowest BCUT2D eigenvalue weighted by Crippen LogP contribution is -2.44. The van der Waals surface area contributed by atoms with E-state index in [1.54, 1.807) is 0 Å². The van der Waals surface area contributed by atoms with E-state index >= 15 is 0 Å². The molecular weight excluding hydrogens is 274 g/mol. The predicted molar refractivity (Wildman–Crippen MR) is 79.9 cm³/mol. The van der Waals surface area contributed by atoms with Crippen LogP contribution >= 0.6 is 11.3 Å². The van der Waals surface area contributed by atoms with Crippen molar-refractivity contribution in [3.05, 3.63) is 35.2 Å². The highest BCUT2D eigenvalue weighted by Gasteiger charge is 2.25. The van der Waals surface area contributed by atoms with E-state index in [0.717, 1.165) is 10.1 Å². The van der Waals surface area contributed by atoms with Crippen molar-refractivity contribution in [3.63, 3.8) is 0 Å². The number of ether oxygens (including phenoxy) is 1. The van der Waals surface area contributed by atoms with Crippen LogP contribution in [0.2, 0.25) is 0 Å². The maximum atomic E-state index is 12.2. The lowest BCUT2D eigenvalue weighted by atomic mass is 10.0. The molecule has 2 rings (SSSR count). The third kappa shape index (κ3) is 2.99. The van der Waals surface area contributed by atoms with Gasteiger partial charge < -0.3 is 10.1 Å². The number of hydrogen-bond donors (Lipinski definition) is 1. The molecule has 1 aromatic heterocycles. The van der Waals surface area contributed by atoms with Crippen molar-refractivity contribution < 1.29 is 14.3 Å².